The Morgan fingerprint density at radius 1 is 1.38 bits per heavy atom. The summed E-state index contributed by atoms with van der Waals surface area (Å²) in [5.74, 6) is 2.46. The van der Waals surface area contributed by atoms with Crippen LogP contribution in [-0.4, -0.2) is 23.1 Å². The largest absolute Gasteiger partial charge is 0.365 e. The fraction of sp³-hybridized carbons (Fsp3) is 0.818. The topological polar surface area (TPSA) is 3.24 Å². The van der Waals surface area contributed by atoms with Crippen molar-refractivity contribution in [1.29, 1.82) is 0 Å². The van der Waals surface area contributed by atoms with Gasteiger partial charge in [0.15, 0.2) is 0 Å². The molecule has 76 valence electrons. The zero-order chi connectivity index (χ0) is 9.52. The number of nitrogens with zero attached hydrogens (tertiary/aromatic N) is 1. The highest BCUT2D eigenvalue weighted by Gasteiger charge is 2.12. The second kappa shape index (κ2) is 6.36. The van der Waals surface area contributed by atoms with Gasteiger partial charge in [-0.3, -0.25) is 0 Å². The van der Waals surface area contributed by atoms with Gasteiger partial charge in [-0.1, -0.05) is 32.8 Å². The van der Waals surface area contributed by atoms with Gasteiger partial charge >= 0.3 is 0 Å². The first kappa shape index (κ1) is 11.0. The highest BCUT2D eigenvalue weighted by atomic mass is 32.2. The van der Waals surface area contributed by atoms with Crippen LogP contribution in [0, 0.1) is 0 Å². The summed E-state index contributed by atoms with van der Waals surface area (Å²) in [7, 11) is 0. The molecule has 0 radical (unpaired) electrons. The zero-order valence-corrected chi connectivity index (χ0v) is 9.54. The molecule has 0 saturated carbocycles. The monoisotopic (exact) mass is 199 g/mol. The van der Waals surface area contributed by atoms with E-state index in [0.29, 0.717) is 0 Å². The lowest BCUT2D eigenvalue weighted by molar-refractivity contribution is 0.422. The second-order valence-corrected chi connectivity index (χ2v) is 4.75. The molecule has 0 amide bonds. The molecule has 0 atom stereocenters. The fourth-order valence-corrected chi connectivity index (χ4v) is 2.59. The van der Waals surface area contributed by atoms with Crippen molar-refractivity contribution in [3.8, 4) is 0 Å². The van der Waals surface area contributed by atoms with Crippen LogP contribution in [0.15, 0.2) is 12.3 Å². The Kier molecular flexibility index (Phi) is 5.37. The first-order chi connectivity index (χ1) is 6.34. The smallest absolute Gasteiger partial charge is 0.0637 e. The molecule has 1 aliphatic rings. The van der Waals surface area contributed by atoms with Crippen molar-refractivity contribution in [3.63, 3.8) is 0 Å². The summed E-state index contributed by atoms with van der Waals surface area (Å²) in [6, 6.07) is 0. The molecule has 1 heterocycles. The van der Waals surface area contributed by atoms with Crippen molar-refractivity contribution in [1.82, 2.24) is 4.90 Å². The quantitative estimate of drug-likeness (QED) is 0.603. The summed E-state index contributed by atoms with van der Waals surface area (Å²) in [4.78, 5) is 2.43. The summed E-state index contributed by atoms with van der Waals surface area (Å²) < 4.78 is 0. The maximum absolute atomic E-state index is 4.15. The van der Waals surface area contributed by atoms with Gasteiger partial charge in [0.1, 0.15) is 0 Å². The van der Waals surface area contributed by atoms with E-state index in [0.717, 1.165) is 0 Å². The van der Waals surface area contributed by atoms with Crippen LogP contribution in [-0.2, 0) is 0 Å². The summed E-state index contributed by atoms with van der Waals surface area (Å²) in [5, 5.41) is 0. The van der Waals surface area contributed by atoms with Crippen LogP contribution in [0.3, 0.4) is 0 Å². The first-order valence-corrected chi connectivity index (χ1v) is 6.50. The molecular formula is C11H21NS. The van der Waals surface area contributed by atoms with E-state index in [-0.39, 0.29) is 0 Å². The van der Waals surface area contributed by atoms with Gasteiger partial charge in [0.25, 0.3) is 0 Å². The molecule has 0 aromatic carbocycles. The molecule has 0 bridgehead atoms. The normalized spacial score (nSPS) is 16.5. The number of hydrogen-bond donors (Lipinski definition) is 0. The first-order valence-electron chi connectivity index (χ1n) is 5.35. The highest BCUT2D eigenvalue weighted by Crippen LogP contribution is 2.21. The van der Waals surface area contributed by atoms with E-state index in [4.69, 9.17) is 0 Å². The van der Waals surface area contributed by atoms with Gasteiger partial charge in [-0.25, -0.2) is 0 Å². The Bertz CT molecular complexity index is 150. The van der Waals surface area contributed by atoms with Crippen LogP contribution in [0.25, 0.3) is 0 Å². The van der Waals surface area contributed by atoms with E-state index < -0.39 is 0 Å². The lowest BCUT2D eigenvalue weighted by Crippen LogP contribution is -2.17. The van der Waals surface area contributed by atoms with E-state index in [1.54, 1.807) is 0 Å². The lowest BCUT2D eigenvalue weighted by atomic mass is 10.1. The van der Waals surface area contributed by atoms with Gasteiger partial charge in [0.05, 0.1) is 5.88 Å². The number of allylic oxidation sites excluding steroid dienone is 1. The molecule has 1 fully saturated rings. The summed E-state index contributed by atoms with van der Waals surface area (Å²) in [6.45, 7) is 7.62. The van der Waals surface area contributed by atoms with Crippen LogP contribution in [0.4, 0.5) is 0 Å². The Hall–Kier alpha value is -0.110. The van der Waals surface area contributed by atoms with Gasteiger partial charge in [0.2, 0.25) is 0 Å². The standard InChI is InChI=1S/C11H21NS/c1-3-4-5-6-7-11(2)12-8-9-13-10-12/h2-10H2,1H3. The van der Waals surface area contributed by atoms with Crippen molar-refractivity contribution in [2.45, 2.75) is 39.0 Å². The van der Waals surface area contributed by atoms with Gasteiger partial charge < -0.3 is 4.90 Å². The molecule has 1 aliphatic heterocycles. The minimum Gasteiger partial charge on any atom is -0.365 e. The molecular weight excluding hydrogens is 178 g/mol. The predicted molar refractivity (Wildman–Crippen MR) is 61.9 cm³/mol. The molecule has 2 heteroatoms. The van der Waals surface area contributed by atoms with Gasteiger partial charge in [-0.05, 0) is 12.8 Å². The van der Waals surface area contributed by atoms with E-state index in [2.05, 4.69) is 18.4 Å². The van der Waals surface area contributed by atoms with Gasteiger partial charge in [-0.15, -0.1) is 11.8 Å². The van der Waals surface area contributed by atoms with Crippen LogP contribution in [0.5, 0.6) is 0 Å². The van der Waals surface area contributed by atoms with E-state index >= 15 is 0 Å². The van der Waals surface area contributed by atoms with E-state index in [1.807, 2.05) is 11.8 Å². The van der Waals surface area contributed by atoms with Crippen molar-refractivity contribution >= 4 is 11.8 Å². The van der Waals surface area contributed by atoms with Crippen molar-refractivity contribution in [2.24, 2.45) is 0 Å². The molecule has 1 rings (SSSR count). The van der Waals surface area contributed by atoms with Crippen LogP contribution in [0.2, 0.25) is 0 Å². The molecule has 0 N–H and O–H groups in total. The molecule has 13 heavy (non-hydrogen) atoms. The van der Waals surface area contributed by atoms with Gasteiger partial charge in [-0.2, -0.15) is 0 Å². The number of rotatable bonds is 6. The second-order valence-electron chi connectivity index (χ2n) is 3.68. The molecule has 0 spiro atoms. The summed E-state index contributed by atoms with van der Waals surface area (Å²) >= 11 is 2.02. The molecule has 1 saturated heterocycles. The van der Waals surface area contributed by atoms with Crippen molar-refractivity contribution in [2.75, 3.05) is 18.2 Å². The molecule has 0 aliphatic carbocycles. The summed E-state index contributed by atoms with van der Waals surface area (Å²) in [5.41, 5.74) is 1.36. The van der Waals surface area contributed by atoms with E-state index in [9.17, 15) is 0 Å². The minimum atomic E-state index is 1.17. The minimum absolute atomic E-state index is 1.17. The van der Waals surface area contributed by atoms with E-state index in [1.165, 1.54) is 56.0 Å². The Balaban J connectivity index is 2.03. The van der Waals surface area contributed by atoms with Crippen LogP contribution in [0.1, 0.15) is 39.0 Å². The SMILES string of the molecule is C=C(CCCCCC)N1CCSC1. The predicted octanol–water partition coefficient (Wildman–Crippen LogP) is 3.48. The molecule has 0 aromatic rings. The van der Waals surface area contributed by atoms with Crippen LogP contribution >= 0.6 is 11.8 Å². The molecule has 1 nitrogen and oxygen atoms in total. The number of hydrogen-bond acceptors (Lipinski definition) is 2. The maximum Gasteiger partial charge on any atom is 0.0637 e. The Morgan fingerprint density at radius 3 is 2.85 bits per heavy atom. The highest BCUT2D eigenvalue weighted by molar-refractivity contribution is 7.99. The number of thioether (sulfide) groups is 1. The van der Waals surface area contributed by atoms with Crippen molar-refractivity contribution in [3.05, 3.63) is 12.3 Å². The summed E-state index contributed by atoms with van der Waals surface area (Å²) in [6.07, 6.45) is 6.61. The van der Waals surface area contributed by atoms with Crippen LogP contribution < -0.4 is 0 Å². The number of unbranched alkanes of at least 4 members (excludes halogenated alkanes) is 3. The third-order valence-corrected chi connectivity index (χ3v) is 3.48. The maximum atomic E-state index is 4.15. The fourth-order valence-electron chi connectivity index (χ4n) is 1.58. The molecule has 0 aromatic heterocycles. The zero-order valence-electron chi connectivity index (χ0n) is 8.72. The molecule has 0 unspecified atom stereocenters. The van der Waals surface area contributed by atoms with Crippen molar-refractivity contribution < 1.29 is 0 Å². The van der Waals surface area contributed by atoms with Gasteiger partial charge in [0, 0.05) is 18.0 Å². The Labute approximate surface area is 86.6 Å². The third-order valence-electron chi connectivity index (χ3n) is 2.52. The average Bonchev–Trinajstić information content (AvgIpc) is 2.65. The Morgan fingerprint density at radius 2 is 2.23 bits per heavy atom. The average molecular weight is 199 g/mol. The lowest BCUT2D eigenvalue weighted by Gasteiger charge is -2.19. The third kappa shape index (κ3) is 4.08.